The van der Waals surface area contributed by atoms with Crippen molar-refractivity contribution in [3.05, 3.63) is 71.0 Å². The number of amides is 1. The highest BCUT2D eigenvalue weighted by Crippen LogP contribution is 2.36. The van der Waals surface area contributed by atoms with E-state index in [4.69, 9.17) is 4.74 Å². The van der Waals surface area contributed by atoms with Gasteiger partial charge in [0.05, 0.1) is 12.7 Å². The van der Waals surface area contributed by atoms with Gasteiger partial charge in [-0.2, -0.15) is 0 Å². The first-order valence-corrected chi connectivity index (χ1v) is 8.53. The Balaban J connectivity index is 1.72. The maximum atomic E-state index is 12.5. The number of fused-ring (bicyclic) bond motifs is 1. The molecule has 3 aromatic rings. The molecule has 1 aromatic heterocycles. The van der Waals surface area contributed by atoms with Gasteiger partial charge in [0.2, 0.25) is 0 Å². The van der Waals surface area contributed by atoms with E-state index in [0.717, 1.165) is 45.1 Å². The number of aromatic amines is 1. The largest absolute Gasteiger partial charge is 0.497 e. The summed E-state index contributed by atoms with van der Waals surface area (Å²) in [5.41, 5.74) is 7.78. The Hall–Kier alpha value is -3.27. The second kappa shape index (κ2) is 6.23. The lowest BCUT2D eigenvalue weighted by atomic mass is 10.00. The zero-order chi connectivity index (χ0) is 18.3. The van der Waals surface area contributed by atoms with Crippen LogP contribution in [0, 0.1) is 13.8 Å². The summed E-state index contributed by atoms with van der Waals surface area (Å²) in [5, 5.41) is 2.98. The van der Waals surface area contributed by atoms with Gasteiger partial charge in [-0.1, -0.05) is 24.3 Å². The van der Waals surface area contributed by atoms with E-state index in [0.29, 0.717) is 5.57 Å². The van der Waals surface area contributed by atoms with E-state index in [9.17, 15) is 4.79 Å². The molecule has 130 valence electrons. The molecule has 0 unspecified atom stereocenters. The lowest BCUT2D eigenvalue weighted by Crippen LogP contribution is -2.03. The number of carbonyl (C=O) groups is 1. The minimum atomic E-state index is -0.0708. The van der Waals surface area contributed by atoms with E-state index in [1.54, 1.807) is 7.11 Å². The van der Waals surface area contributed by atoms with Crippen molar-refractivity contribution >= 4 is 23.2 Å². The number of aromatic nitrogens is 1. The van der Waals surface area contributed by atoms with Crippen molar-refractivity contribution in [3.8, 4) is 16.9 Å². The first-order chi connectivity index (χ1) is 12.5. The summed E-state index contributed by atoms with van der Waals surface area (Å²) in [6, 6.07) is 16.0. The van der Waals surface area contributed by atoms with Crippen LogP contribution < -0.4 is 10.1 Å². The average Bonchev–Trinajstić information content (AvgIpc) is 3.13. The molecule has 0 aliphatic carbocycles. The standard InChI is InChI=1S/C22H20N2O2/c1-13-10-14(2)23-20(13)12-19-18-9-6-16(11-21(18)24-22(19)25)15-4-7-17(26-3)8-5-15/h4-12,23H,1-3H3,(H,24,25)/b19-12-. The molecule has 2 heterocycles. The molecule has 0 radical (unpaired) electrons. The minimum Gasteiger partial charge on any atom is -0.497 e. The van der Waals surface area contributed by atoms with Crippen LogP contribution in [0.15, 0.2) is 48.5 Å². The first kappa shape index (κ1) is 16.2. The molecule has 0 saturated carbocycles. The van der Waals surface area contributed by atoms with Gasteiger partial charge in [-0.3, -0.25) is 4.79 Å². The Morgan fingerprint density at radius 1 is 0.962 bits per heavy atom. The van der Waals surface area contributed by atoms with Crippen molar-refractivity contribution in [2.45, 2.75) is 13.8 Å². The summed E-state index contributed by atoms with van der Waals surface area (Å²) in [6.45, 7) is 4.05. The Morgan fingerprint density at radius 3 is 2.35 bits per heavy atom. The van der Waals surface area contributed by atoms with Gasteiger partial charge in [0.1, 0.15) is 5.75 Å². The third kappa shape index (κ3) is 2.80. The molecule has 1 amide bonds. The zero-order valence-corrected chi connectivity index (χ0v) is 15.0. The number of hydrogen-bond acceptors (Lipinski definition) is 2. The van der Waals surface area contributed by atoms with Crippen molar-refractivity contribution in [1.29, 1.82) is 0 Å². The fourth-order valence-corrected chi connectivity index (χ4v) is 3.34. The maximum absolute atomic E-state index is 12.5. The summed E-state index contributed by atoms with van der Waals surface area (Å²) < 4.78 is 5.21. The number of aryl methyl sites for hydroxylation is 2. The Morgan fingerprint density at radius 2 is 1.69 bits per heavy atom. The van der Waals surface area contributed by atoms with Crippen LogP contribution in [0.5, 0.6) is 5.75 Å². The summed E-state index contributed by atoms with van der Waals surface area (Å²) in [4.78, 5) is 15.8. The summed E-state index contributed by atoms with van der Waals surface area (Å²) in [5.74, 6) is 0.753. The fraction of sp³-hybridized carbons (Fsp3) is 0.136. The van der Waals surface area contributed by atoms with Crippen molar-refractivity contribution < 1.29 is 9.53 Å². The van der Waals surface area contributed by atoms with Gasteiger partial charge in [0.25, 0.3) is 5.91 Å². The summed E-state index contributed by atoms with van der Waals surface area (Å²) in [6.07, 6.45) is 1.93. The molecule has 1 aliphatic rings. The van der Waals surface area contributed by atoms with Gasteiger partial charge in [-0.15, -0.1) is 0 Å². The highest BCUT2D eigenvalue weighted by atomic mass is 16.5. The number of hydrogen-bond donors (Lipinski definition) is 2. The van der Waals surface area contributed by atoms with E-state index >= 15 is 0 Å². The van der Waals surface area contributed by atoms with E-state index in [-0.39, 0.29) is 5.91 Å². The molecule has 1 aliphatic heterocycles. The van der Waals surface area contributed by atoms with E-state index in [1.807, 2.05) is 62.4 Å². The van der Waals surface area contributed by atoms with Crippen molar-refractivity contribution in [2.24, 2.45) is 0 Å². The van der Waals surface area contributed by atoms with Crippen LogP contribution in [0.4, 0.5) is 5.69 Å². The maximum Gasteiger partial charge on any atom is 0.256 e. The lowest BCUT2D eigenvalue weighted by molar-refractivity contribution is -0.110. The zero-order valence-electron chi connectivity index (χ0n) is 15.0. The number of rotatable bonds is 3. The van der Waals surface area contributed by atoms with Gasteiger partial charge in [0.15, 0.2) is 0 Å². The van der Waals surface area contributed by atoms with E-state index in [1.165, 1.54) is 0 Å². The van der Waals surface area contributed by atoms with Crippen molar-refractivity contribution in [3.63, 3.8) is 0 Å². The highest BCUT2D eigenvalue weighted by molar-refractivity contribution is 6.35. The van der Waals surface area contributed by atoms with Crippen LogP contribution in [0.3, 0.4) is 0 Å². The lowest BCUT2D eigenvalue weighted by Gasteiger charge is -2.06. The predicted octanol–water partition coefficient (Wildman–Crippen LogP) is 4.80. The average molecular weight is 344 g/mol. The second-order valence-electron chi connectivity index (χ2n) is 6.55. The predicted molar refractivity (Wildman–Crippen MR) is 105 cm³/mol. The number of H-pyrrole nitrogens is 1. The Labute approximate surface area is 152 Å². The number of benzene rings is 2. The van der Waals surface area contributed by atoms with Crippen LogP contribution in [-0.4, -0.2) is 18.0 Å². The van der Waals surface area contributed by atoms with E-state index in [2.05, 4.69) is 16.4 Å². The van der Waals surface area contributed by atoms with Gasteiger partial charge in [-0.05, 0) is 60.9 Å². The number of methoxy groups -OCH3 is 1. The number of nitrogens with one attached hydrogen (secondary N) is 2. The smallest absolute Gasteiger partial charge is 0.256 e. The number of ether oxygens (including phenoxy) is 1. The second-order valence-corrected chi connectivity index (χ2v) is 6.55. The quantitative estimate of drug-likeness (QED) is 0.671. The molecule has 4 rings (SSSR count). The molecule has 2 aromatic carbocycles. The molecule has 0 atom stereocenters. The fourth-order valence-electron chi connectivity index (χ4n) is 3.34. The third-order valence-corrected chi connectivity index (χ3v) is 4.70. The molecule has 0 spiro atoms. The Bertz CT molecular complexity index is 1030. The molecule has 26 heavy (non-hydrogen) atoms. The highest BCUT2D eigenvalue weighted by Gasteiger charge is 2.24. The normalized spacial score (nSPS) is 14.4. The van der Waals surface area contributed by atoms with Crippen molar-refractivity contribution in [1.82, 2.24) is 4.98 Å². The number of anilines is 1. The van der Waals surface area contributed by atoms with Gasteiger partial charge in [-0.25, -0.2) is 0 Å². The minimum absolute atomic E-state index is 0.0708. The molecular formula is C22H20N2O2. The molecule has 2 N–H and O–H groups in total. The van der Waals surface area contributed by atoms with Crippen LogP contribution >= 0.6 is 0 Å². The molecule has 4 heteroatoms. The first-order valence-electron chi connectivity index (χ1n) is 8.53. The van der Waals surface area contributed by atoms with Gasteiger partial charge >= 0.3 is 0 Å². The topological polar surface area (TPSA) is 54.1 Å². The molecule has 0 bridgehead atoms. The molecule has 0 fully saturated rings. The molecule has 0 saturated heterocycles. The monoisotopic (exact) mass is 344 g/mol. The SMILES string of the molecule is COc1ccc(-c2ccc3c(c2)NC(=O)/C3=C\c2[nH]c(C)cc2C)cc1. The Kier molecular flexibility index (Phi) is 3.88. The van der Waals surface area contributed by atoms with E-state index < -0.39 is 0 Å². The van der Waals surface area contributed by atoms with Crippen LogP contribution in [0.25, 0.3) is 22.8 Å². The molecule has 4 nitrogen and oxygen atoms in total. The number of carbonyl (C=O) groups excluding carboxylic acids is 1. The third-order valence-electron chi connectivity index (χ3n) is 4.70. The molecular weight excluding hydrogens is 324 g/mol. The van der Waals surface area contributed by atoms with Crippen molar-refractivity contribution in [2.75, 3.05) is 12.4 Å². The van der Waals surface area contributed by atoms with Crippen LogP contribution in [-0.2, 0) is 4.79 Å². The van der Waals surface area contributed by atoms with Crippen LogP contribution in [0.1, 0.15) is 22.5 Å². The van der Waals surface area contributed by atoms with Gasteiger partial charge < -0.3 is 15.0 Å². The summed E-state index contributed by atoms with van der Waals surface area (Å²) >= 11 is 0. The summed E-state index contributed by atoms with van der Waals surface area (Å²) in [7, 11) is 1.65. The van der Waals surface area contributed by atoms with Crippen LogP contribution in [0.2, 0.25) is 0 Å². The van der Waals surface area contributed by atoms with Gasteiger partial charge in [0, 0.05) is 22.6 Å².